The van der Waals surface area contributed by atoms with E-state index in [-0.39, 0.29) is 0 Å². The van der Waals surface area contributed by atoms with E-state index in [4.69, 9.17) is 4.98 Å². The molecule has 2 nitrogen and oxygen atoms in total. The van der Waals surface area contributed by atoms with Gasteiger partial charge < -0.3 is 4.90 Å². The summed E-state index contributed by atoms with van der Waals surface area (Å²) >= 11 is 3.52. The molecular weight excluding hydrogens is 368 g/mol. The molecule has 0 radical (unpaired) electrons. The van der Waals surface area contributed by atoms with Crippen LogP contribution in [0.3, 0.4) is 0 Å². The molecule has 4 heteroatoms. The molecule has 0 aliphatic rings. The highest BCUT2D eigenvalue weighted by Gasteiger charge is 2.16. The van der Waals surface area contributed by atoms with E-state index in [2.05, 4.69) is 83.8 Å². The second kappa shape index (κ2) is 6.99. The average molecular weight is 385 g/mol. The third kappa shape index (κ3) is 3.14. The summed E-state index contributed by atoms with van der Waals surface area (Å²) in [6, 6.07) is 33.7. The summed E-state index contributed by atoms with van der Waals surface area (Å²) in [5.74, 6) is 0. The Morgan fingerprint density at radius 3 is 1.89 bits per heavy atom. The highest BCUT2D eigenvalue weighted by molar-refractivity contribution is 7.26. The van der Waals surface area contributed by atoms with Crippen molar-refractivity contribution < 1.29 is 0 Å². The van der Waals surface area contributed by atoms with Gasteiger partial charge in [-0.25, -0.2) is 4.98 Å². The molecule has 0 amide bonds. The molecule has 5 aromatic rings. The lowest BCUT2D eigenvalue weighted by atomic mass is 10.2. The summed E-state index contributed by atoms with van der Waals surface area (Å²) in [5.41, 5.74) is 3.37. The Balaban J connectivity index is 1.59. The van der Waals surface area contributed by atoms with Crippen LogP contribution in [0.2, 0.25) is 0 Å². The molecule has 0 bridgehead atoms. The van der Waals surface area contributed by atoms with Crippen molar-refractivity contribution >= 4 is 49.3 Å². The smallest absolute Gasteiger partial charge is 0.134 e. The minimum atomic E-state index is 1.07. The lowest BCUT2D eigenvalue weighted by Gasteiger charge is -2.23. The predicted molar refractivity (Wildman–Crippen MR) is 118 cm³/mol. The van der Waals surface area contributed by atoms with Gasteiger partial charge in [-0.2, -0.15) is 0 Å². The summed E-state index contributed by atoms with van der Waals surface area (Å²) < 4.78 is 1.23. The predicted octanol–water partition coefficient (Wildman–Crippen LogP) is 7.49. The molecule has 0 atom stereocenters. The maximum absolute atomic E-state index is 4.81. The first-order chi connectivity index (χ1) is 13.4. The van der Waals surface area contributed by atoms with E-state index >= 15 is 0 Å². The molecule has 0 unspecified atom stereocenters. The molecule has 130 valence electrons. The summed E-state index contributed by atoms with van der Waals surface area (Å²) in [4.78, 5) is 8.30. The summed E-state index contributed by atoms with van der Waals surface area (Å²) in [6.07, 6.45) is 0. The lowest BCUT2D eigenvalue weighted by molar-refractivity contribution is 1.32. The normalized spacial score (nSPS) is 11.0. The number of anilines is 3. The van der Waals surface area contributed by atoms with Gasteiger partial charge in [-0.1, -0.05) is 48.5 Å². The van der Waals surface area contributed by atoms with Gasteiger partial charge in [0.1, 0.15) is 10.0 Å². The Kier molecular flexibility index (Phi) is 4.20. The van der Waals surface area contributed by atoms with E-state index in [1.807, 2.05) is 18.2 Å². The minimum absolute atomic E-state index is 1.07. The SMILES string of the molecule is c1ccc(N(c2ccccc2)c2ccc(-c3nc4ccccc4s3)s2)cc1. The molecule has 0 saturated heterocycles. The van der Waals surface area contributed by atoms with Crippen molar-refractivity contribution in [3.8, 4) is 9.88 Å². The van der Waals surface area contributed by atoms with Crippen LogP contribution in [0.15, 0.2) is 97.1 Å². The van der Waals surface area contributed by atoms with Gasteiger partial charge in [0.05, 0.1) is 15.1 Å². The van der Waals surface area contributed by atoms with Gasteiger partial charge in [0.15, 0.2) is 0 Å². The average Bonchev–Trinajstić information content (AvgIpc) is 3.37. The van der Waals surface area contributed by atoms with E-state index in [1.165, 1.54) is 14.6 Å². The Morgan fingerprint density at radius 2 is 1.22 bits per heavy atom. The van der Waals surface area contributed by atoms with Crippen molar-refractivity contribution in [3.63, 3.8) is 0 Å². The number of hydrogen-bond acceptors (Lipinski definition) is 4. The van der Waals surface area contributed by atoms with E-state index in [1.54, 1.807) is 22.7 Å². The van der Waals surface area contributed by atoms with Gasteiger partial charge in [0.25, 0.3) is 0 Å². The molecule has 0 aliphatic carbocycles. The van der Waals surface area contributed by atoms with Gasteiger partial charge in [-0.3, -0.25) is 0 Å². The van der Waals surface area contributed by atoms with Crippen LogP contribution in [0.1, 0.15) is 0 Å². The monoisotopic (exact) mass is 384 g/mol. The molecule has 3 aromatic carbocycles. The molecule has 0 aliphatic heterocycles. The second-order valence-electron chi connectivity index (χ2n) is 6.13. The summed E-state index contributed by atoms with van der Waals surface area (Å²) in [7, 11) is 0. The topological polar surface area (TPSA) is 16.1 Å². The highest BCUT2D eigenvalue weighted by atomic mass is 32.1. The van der Waals surface area contributed by atoms with Crippen molar-refractivity contribution in [2.45, 2.75) is 0 Å². The quantitative estimate of drug-likeness (QED) is 0.319. The third-order valence-corrected chi connectivity index (χ3v) is 6.62. The van der Waals surface area contributed by atoms with Gasteiger partial charge >= 0.3 is 0 Å². The Hall–Kier alpha value is -2.95. The standard InChI is InChI=1S/C23H16N2S2/c1-3-9-17(10-4-1)25(18-11-5-2-6-12-18)22-16-15-21(26-22)23-24-19-13-7-8-14-20(19)27-23/h1-16H. The molecule has 0 N–H and O–H groups in total. The van der Waals surface area contributed by atoms with Crippen LogP contribution in [-0.2, 0) is 0 Å². The number of hydrogen-bond donors (Lipinski definition) is 0. The van der Waals surface area contributed by atoms with E-state index in [0.717, 1.165) is 21.9 Å². The number of fused-ring (bicyclic) bond motifs is 1. The minimum Gasteiger partial charge on any atom is -0.302 e. The van der Waals surface area contributed by atoms with Gasteiger partial charge in [0, 0.05) is 11.4 Å². The largest absolute Gasteiger partial charge is 0.302 e. The number of thiazole rings is 1. The van der Waals surface area contributed by atoms with Crippen LogP contribution in [0.25, 0.3) is 20.1 Å². The zero-order valence-electron chi connectivity index (χ0n) is 14.4. The van der Waals surface area contributed by atoms with E-state index in [9.17, 15) is 0 Å². The van der Waals surface area contributed by atoms with Crippen molar-refractivity contribution in [1.82, 2.24) is 4.98 Å². The fraction of sp³-hybridized carbons (Fsp3) is 0. The number of thiophene rings is 1. The number of para-hydroxylation sites is 3. The molecular formula is C23H16N2S2. The summed E-state index contributed by atoms with van der Waals surface area (Å²) in [6.45, 7) is 0. The van der Waals surface area contributed by atoms with Gasteiger partial charge in [-0.05, 0) is 48.5 Å². The number of nitrogens with zero attached hydrogens (tertiary/aromatic N) is 2. The highest BCUT2D eigenvalue weighted by Crippen LogP contribution is 2.42. The summed E-state index contributed by atoms with van der Waals surface area (Å²) in [5, 5.41) is 2.26. The lowest BCUT2D eigenvalue weighted by Crippen LogP contribution is -2.07. The Bertz CT molecular complexity index is 1100. The van der Waals surface area contributed by atoms with Crippen LogP contribution < -0.4 is 4.90 Å². The van der Waals surface area contributed by atoms with Crippen molar-refractivity contribution in [2.75, 3.05) is 4.90 Å². The molecule has 0 spiro atoms. The molecule has 0 fully saturated rings. The zero-order valence-corrected chi connectivity index (χ0v) is 16.1. The Labute approximate surface area is 166 Å². The van der Waals surface area contributed by atoms with Gasteiger partial charge in [-0.15, -0.1) is 22.7 Å². The first-order valence-electron chi connectivity index (χ1n) is 8.74. The van der Waals surface area contributed by atoms with Crippen LogP contribution >= 0.6 is 22.7 Å². The fourth-order valence-electron chi connectivity index (χ4n) is 3.10. The Morgan fingerprint density at radius 1 is 0.593 bits per heavy atom. The molecule has 2 heterocycles. The van der Waals surface area contributed by atoms with Crippen molar-refractivity contribution in [1.29, 1.82) is 0 Å². The molecule has 5 rings (SSSR count). The van der Waals surface area contributed by atoms with Crippen LogP contribution in [0.4, 0.5) is 16.4 Å². The maximum atomic E-state index is 4.81. The maximum Gasteiger partial charge on any atom is 0.134 e. The van der Waals surface area contributed by atoms with Gasteiger partial charge in [0.2, 0.25) is 0 Å². The van der Waals surface area contributed by atoms with E-state index < -0.39 is 0 Å². The molecule has 0 saturated carbocycles. The molecule has 2 aromatic heterocycles. The second-order valence-corrected chi connectivity index (χ2v) is 8.22. The van der Waals surface area contributed by atoms with Crippen LogP contribution in [-0.4, -0.2) is 4.98 Å². The third-order valence-electron chi connectivity index (χ3n) is 4.35. The first-order valence-corrected chi connectivity index (χ1v) is 10.4. The number of aromatic nitrogens is 1. The zero-order chi connectivity index (χ0) is 18.1. The molecule has 27 heavy (non-hydrogen) atoms. The van der Waals surface area contributed by atoms with Crippen LogP contribution in [0.5, 0.6) is 0 Å². The number of benzene rings is 3. The van der Waals surface area contributed by atoms with E-state index in [0.29, 0.717) is 0 Å². The first kappa shape index (κ1) is 16.2. The van der Waals surface area contributed by atoms with Crippen molar-refractivity contribution in [3.05, 3.63) is 97.1 Å². The van der Waals surface area contributed by atoms with Crippen LogP contribution in [0, 0.1) is 0 Å². The van der Waals surface area contributed by atoms with Crippen molar-refractivity contribution in [2.24, 2.45) is 0 Å². The number of rotatable bonds is 4. The fourth-order valence-corrected chi connectivity index (χ4v) is 5.17.